The van der Waals surface area contributed by atoms with Gasteiger partial charge in [-0.1, -0.05) is 15.9 Å². The number of nitrogens with zero attached hydrogens (tertiary/aromatic N) is 1. The van der Waals surface area contributed by atoms with E-state index < -0.39 is 11.7 Å². The number of anilines is 1. The van der Waals surface area contributed by atoms with E-state index in [4.69, 9.17) is 4.74 Å². The standard InChI is InChI=1S/C19H18BrFN2O3/c1-23(12-18(24)22-15-5-7-16(26-2)8-6-15)19(25)10-3-13-11-14(20)4-9-17(13)21/h3-11H,12H2,1-2H3,(H,22,24). The van der Waals surface area contributed by atoms with Gasteiger partial charge in [0.2, 0.25) is 11.8 Å². The number of carbonyl (C=O) groups is 2. The smallest absolute Gasteiger partial charge is 0.246 e. The molecule has 0 heterocycles. The minimum absolute atomic E-state index is 0.129. The average Bonchev–Trinajstić information content (AvgIpc) is 2.62. The Bertz CT molecular complexity index is 822. The molecular formula is C19H18BrFN2O3. The van der Waals surface area contributed by atoms with E-state index in [0.717, 1.165) is 0 Å². The maximum absolute atomic E-state index is 13.7. The number of methoxy groups -OCH3 is 1. The second-order valence-electron chi connectivity index (χ2n) is 5.47. The molecule has 2 aromatic rings. The van der Waals surface area contributed by atoms with Gasteiger partial charge < -0.3 is 15.0 Å². The van der Waals surface area contributed by atoms with E-state index in [1.807, 2.05) is 0 Å². The Balaban J connectivity index is 1.92. The quantitative estimate of drug-likeness (QED) is 0.724. The lowest BCUT2D eigenvalue weighted by Crippen LogP contribution is -2.33. The molecule has 0 aliphatic carbocycles. The van der Waals surface area contributed by atoms with Gasteiger partial charge in [0.25, 0.3) is 0 Å². The van der Waals surface area contributed by atoms with Crippen LogP contribution >= 0.6 is 15.9 Å². The van der Waals surface area contributed by atoms with Crippen LogP contribution in [0.1, 0.15) is 5.56 Å². The van der Waals surface area contributed by atoms with Gasteiger partial charge >= 0.3 is 0 Å². The van der Waals surface area contributed by atoms with E-state index in [9.17, 15) is 14.0 Å². The van der Waals surface area contributed by atoms with Crippen LogP contribution in [0, 0.1) is 5.82 Å². The Morgan fingerprint density at radius 1 is 1.23 bits per heavy atom. The molecule has 0 saturated carbocycles. The SMILES string of the molecule is COc1ccc(NC(=O)CN(C)C(=O)C=Cc2cc(Br)ccc2F)cc1. The zero-order valence-corrected chi connectivity index (χ0v) is 15.9. The van der Waals surface area contributed by atoms with Crippen molar-refractivity contribution < 1.29 is 18.7 Å². The molecule has 1 N–H and O–H groups in total. The number of rotatable bonds is 6. The summed E-state index contributed by atoms with van der Waals surface area (Å²) in [6, 6.07) is 11.3. The van der Waals surface area contributed by atoms with Gasteiger partial charge in [0.05, 0.1) is 13.7 Å². The second kappa shape index (κ2) is 9.15. The first-order chi connectivity index (χ1) is 12.4. The molecule has 7 heteroatoms. The molecule has 136 valence electrons. The molecule has 5 nitrogen and oxygen atoms in total. The topological polar surface area (TPSA) is 58.6 Å². The molecule has 0 bridgehead atoms. The first kappa shape index (κ1) is 19.7. The number of amides is 2. The molecule has 0 atom stereocenters. The van der Waals surface area contributed by atoms with E-state index in [-0.39, 0.29) is 18.0 Å². The molecule has 2 rings (SSSR count). The van der Waals surface area contributed by atoms with Crippen molar-refractivity contribution >= 4 is 39.5 Å². The molecule has 0 aromatic heterocycles. The highest BCUT2D eigenvalue weighted by Crippen LogP contribution is 2.17. The Kier molecular flexibility index (Phi) is 6.91. The molecule has 0 saturated heterocycles. The molecule has 2 aromatic carbocycles. The van der Waals surface area contributed by atoms with Gasteiger partial charge in [0.15, 0.2) is 0 Å². The Morgan fingerprint density at radius 3 is 2.58 bits per heavy atom. The summed E-state index contributed by atoms with van der Waals surface area (Å²) in [5, 5.41) is 2.69. The third-order valence-electron chi connectivity index (χ3n) is 3.49. The zero-order valence-electron chi connectivity index (χ0n) is 14.3. The van der Waals surface area contributed by atoms with Crippen LogP contribution in [0.3, 0.4) is 0 Å². The largest absolute Gasteiger partial charge is 0.497 e. The van der Waals surface area contributed by atoms with Crippen molar-refractivity contribution in [3.63, 3.8) is 0 Å². The van der Waals surface area contributed by atoms with Crippen LogP contribution < -0.4 is 10.1 Å². The molecule has 2 amide bonds. The number of halogens is 2. The van der Waals surface area contributed by atoms with Crippen molar-refractivity contribution in [2.24, 2.45) is 0 Å². The predicted octanol–water partition coefficient (Wildman–Crippen LogP) is 3.71. The summed E-state index contributed by atoms with van der Waals surface area (Å²) in [5.74, 6) is -0.500. The van der Waals surface area contributed by atoms with Crippen LogP contribution in [0.25, 0.3) is 6.08 Å². The van der Waals surface area contributed by atoms with Gasteiger partial charge in [-0.05, 0) is 48.5 Å². The Labute approximate surface area is 159 Å². The van der Waals surface area contributed by atoms with E-state index in [0.29, 0.717) is 15.9 Å². The van der Waals surface area contributed by atoms with Crippen LogP contribution in [0.5, 0.6) is 5.75 Å². The first-order valence-corrected chi connectivity index (χ1v) is 8.50. The number of hydrogen-bond acceptors (Lipinski definition) is 3. The van der Waals surface area contributed by atoms with Crippen molar-refractivity contribution in [2.75, 3.05) is 26.0 Å². The molecule has 0 fully saturated rings. The maximum Gasteiger partial charge on any atom is 0.246 e. The molecule has 0 aliphatic rings. The number of carbonyl (C=O) groups excluding carboxylic acids is 2. The van der Waals surface area contributed by atoms with Crippen LogP contribution in [-0.2, 0) is 9.59 Å². The van der Waals surface area contributed by atoms with Gasteiger partial charge in [-0.3, -0.25) is 9.59 Å². The molecular weight excluding hydrogens is 403 g/mol. The molecule has 0 unspecified atom stereocenters. The average molecular weight is 421 g/mol. The number of nitrogens with one attached hydrogen (secondary N) is 1. The fraction of sp³-hybridized carbons (Fsp3) is 0.158. The third-order valence-corrected chi connectivity index (χ3v) is 3.99. The molecule has 0 spiro atoms. The highest BCUT2D eigenvalue weighted by Gasteiger charge is 2.11. The van der Waals surface area contributed by atoms with Crippen LogP contribution in [0.2, 0.25) is 0 Å². The second-order valence-corrected chi connectivity index (χ2v) is 6.39. The van der Waals surface area contributed by atoms with E-state index in [1.165, 1.54) is 30.2 Å². The van der Waals surface area contributed by atoms with Gasteiger partial charge in [-0.2, -0.15) is 0 Å². The lowest BCUT2D eigenvalue weighted by molar-refractivity contribution is -0.129. The lowest BCUT2D eigenvalue weighted by atomic mass is 10.2. The zero-order chi connectivity index (χ0) is 19.1. The predicted molar refractivity (Wildman–Crippen MR) is 102 cm³/mol. The van der Waals surface area contributed by atoms with Gasteiger partial charge in [-0.25, -0.2) is 4.39 Å². The van der Waals surface area contributed by atoms with Crippen LogP contribution in [0.4, 0.5) is 10.1 Å². The highest BCUT2D eigenvalue weighted by molar-refractivity contribution is 9.10. The summed E-state index contributed by atoms with van der Waals surface area (Å²) in [6.07, 6.45) is 2.60. The Morgan fingerprint density at radius 2 is 1.92 bits per heavy atom. The van der Waals surface area contributed by atoms with E-state index in [1.54, 1.807) is 43.5 Å². The summed E-state index contributed by atoms with van der Waals surface area (Å²) >= 11 is 3.25. The van der Waals surface area contributed by atoms with Crippen molar-refractivity contribution in [3.8, 4) is 5.75 Å². The van der Waals surface area contributed by atoms with Crippen LogP contribution in [0.15, 0.2) is 53.0 Å². The van der Waals surface area contributed by atoms with Crippen molar-refractivity contribution in [1.82, 2.24) is 4.90 Å². The van der Waals surface area contributed by atoms with Crippen molar-refractivity contribution in [1.29, 1.82) is 0 Å². The number of ether oxygens (including phenoxy) is 1. The summed E-state index contributed by atoms with van der Waals surface area (Å²) < 4.78 is 19.4. The highest BCUT2D eigenvalue weighted by atomic mass is 79.9. The fourth-order valence-corrected chi connectivity index (χ4v) is 2.48. The normalized spacial score (nSPS) is 10.6. The Hall–Kier alpha value is -2.67. The summed E-state index contributed by atoms with van der Waals surface area (Å²) in [7, 11) is 3.05. The van der Waals surface area contributed by atoms with Gasteiger partial charge in [0, 0.05) is 28.8 Å². The monoisotopic (exact) mass is 420 g/mol. The minimum Gasteiger partial charge on any atom is -0.497 e. The van der Waals surface area contributed by atoms with Crippen molar-refractivity contribution in [3.05, 3.63) is 64.4 Å². The molecule has 0 radical (unpaired) electrons. The van der Waals surface area contributed by atoms with E-state index >= 15 is 0 Å². The van der Waals surface area contributed by atoms with Crippen LogP contribution in [-0.4, -0.2) is 37.4 Å². The molecule has 26 heavy (non-hydrogen) atoms. The van der Waals surface area contributed by atoms with Crippen molar-refractivity contribution in [2.45, 2.75) is 0 Å². The van der Waals surface area contributed by atoms with Gasteiger partial charge in [-0.15, -0.1) is 0 Å². The summed E-state index contributed by atoms with van der Waals surface area (Å²) in [5.41, 5.74) is 0.882. The fourth-order valence-electron chi connectivity index (χ4n) is 2.10. The summed E-state index contributed by atoms with van der Waals surface area (Å²) in [6.45, 7) is -0.129. The molecule has 0 aliphatic heterocycles. The van der Waals surface area contributed by atoms with Gasteiger partial charge in [0.1, 0.15) is 11.6 Å². The lowest BCUT2D eigenvalue weighted by Gasteiger charge is -2.15. The first-order valence-electron chi connectivity index (χ1n) is 7.71. The third kappa shape index (κ3) is 5.70. The number of likely N-dealkylation sites (N-methyl/N-ethyl adjacent to an activating group) is 1. The maximum atomic E-state index is 13.7. The minimum atomic E-state index is -0.433. The summed E-state index contributed by atoms with van der Waals surface area (Å²) in [4.78, 5) is 25.4. The number of benzene rings is 2. The van der Waals surface area contributed by atoms with E-state index in [2.05, 4.69) is 21.2 Å². The number of hydrogen-bond donors (Lipinski definition) is 1.